The zero-order valence-electron chi connectivity index (χ0n) is 8.75. The second-order valence-electron chi connectivity index (χ2n) is 3.96. The summed E-state index contributed by atoms with van der Waals surface area (Å²) in [4.78, 5) is 11.7. The van der Waals surface area contributed by atoms with Crippen LogP contribution in [0.1, 0.15) is 20.3 Å². The summed E-state index contributed by atoms with van der Waals surface area (Å²) in [5, 5.41) is 2.92. The van der Waals surface area contributed by atoms with E-state index in [1.54, 1.807) is 0 Å². The molecule has 0 saturated carbocycles. The number of hydrogen-bond donors (Lipinski definition) is 1. The van der Waals surface area contributed by atoms with Gasteiger partial charge >= 0.3 is 0 Å². The van der Waals surface area contributed by atoms with Crippen LogP contribution in [-0.2, 0) is 4.79 Å². The number of carbonyl (C=O) groups is 1. The Balaban J connectivity index is 2.42. The van der Waals surface area contributed by atoms with E-state index in [1.807, 2.05) is 25.6 Å². The van der Waals surface area contributed by atoms with Crippen molar-refractivity contribution in [1.29, 1.82) is 0 Å². The van der Waals surface area contributed by atoms with Crippen LogP contribution in [-0.4, -0.2) is 23.5 Å². The van der Waals surface area contributed by atoms with Crippen LogP contribution in [0.25, 0.3) is 0 Å². The predicted molar refractivity (Wildman–Crippen MR) is 61.0 cm³/mol. The number of terminal acetylenes is 1. The second kappa shape index (κ2) is 5.31. The average Bonchev–Trinajstić information content (AvgIpc) is 2.65. The standard InChI is InChI=1S/C11H17NOS/c1-4-10(8(2)3)12-11(13)9-5-6-14-7-9/h1,8-10H,5-7H2,2-3H3,(H,12,13). The van der Waals surface area contributed by atoms with E-state index < -0.39 is 0 Å². The van der Waals surface area contributed by atoms with Crippen LogP contribution < -0.4 is 5.32 Å². The molecule has 0 aromatic rings. The van der Waals surface area contributed by atoms with Crippen molar-refractivity contribution in [2.75, 3.05) is 11.5 Å². The lowest BCUT2D eigenvalue weighted by Crippen LogP contribution is -2.41. The summed E-state index contributed by atoms with van der Waals surface area (Å²) < 4.78 is 0. The molecule has 1 rings (SSSR count). The zero-order valence-corrected chi connectivity index (χ0v) is 9.56. The number of nitrogens with one attached hydrogen (secondary N) is 1. The van der Waals surface area contributed by atoms with Gasteiger partial charge in [-0.15, -0.1) is 6.42 Å². The Labute approximate surface area is 90.2 Å². The van der Waals surface area contributed by atoms with Gasteiger partial charge in [0.15, 0.2) is 0 Å². The molecule has 1 fully saturated rings. The number of thioether (sulfide) groups is 1. The Bertz CT molecular complexity index is 238. The molecule has 0 bridgehead atoms. The van der Waals surface area contributed by atoms with Crippen molar-refractivity contribution >= 4 is 17.7 Å². The molecule has 1 heterocycles. The summed E-state index contributed by atoms with van der Waals surface area (Å²) in [6, 6.07) is -0.118. The lowest BCUT2D eigenvalue weighted by atomic mass is 10.0. The van der Waals surface area contributed by atoms with Gasteiger partial charge in [0.2, 0.25) is 5.91 Å². The molecule has 0 aromatic carbocycles. The van der Waals surface area contributed by atoms with E-state index in [0.717, 1.165) is 17.9 Å². The molecular weight excluding hydrogens is 194 g/mol. The fraction of sp³-hybridized carbons (Fsp3) is 0.727. The third-order valence-electron chi connectivity index (χ3n) is 2.44. The molecule has 0 aromatic heterocycles. The molecule has 2 nitrogen and oxygen atoms in total. The van der Waals surface area contributed by atoms with Crippen LogP contribution in [0.5, 0.6) is 0 Å². The molecule has 78 valence electrons. The number of hydrogen-bond acceptors (Lipinski definition) is 2. The number of carbonyl (C=O) groups excluding carboxylic acids is 1. The first-order valence-electron chi connectivity index (χ1n) is 4.99. The normalized spacial score (nSPS) is 23.1. The highest BCUT2D eigenvalue weighted by Crippen LogP contribution is 2.23. The third kappa shape index (κ3) is 2.95. The Morgan fingerprint density at radius 3 is 2.79 bits per heavy atom. The molecule has 0 radical (unpaired) electrons. The van der Waals surface area contributed by atoms with Gasteiger partial charge in [0, 0.05) is 11.7 Å². The largest absolute Gasteiger partial charge is 0.342 e. The summed E-state index contributed by atoms with van der Waals surface area (Å²) in [7, 11) is 0. The summed E-state index contributed by atoms with van der Waals surface area (Å²) >= 11 is 1.84. The van der Waals surface area contributed by atoms with E-state index in [9.17, 15) is 4.79 Å². The van der Waals surface area contributed by atoms with Gasteiger partial charge in [-0.2, -0.15) is 11.8 Å². The first-order valence-corrected chi connectivity index (χ1v) is 6.15. The first kappa shape index (κ1) is 11.5. The van der Waals surface area contributed by atoms with E-state index in [1.165, 1.54) is 0 Å². The average molecular weight is 211 g/mol. The van der Waals surface area contributed by atoms with E-state index in [2.05, 4.69) is 11.2 Å². The van der Waals surface area contributed by atoms with Gasteiger partial charge in [0.25, 0.3) is 0 Å². The third-order valence-corrected chi connectivity index (χ3v) is 3.61. The molecule has 1 aliphatic heterocycles. The van der Waals surface area contributed by atoms with Crippen molar-refractivity contribution in [3.05, 3.63) is 0 Å². The molecule has 1 aliphatic rings. The van der Waals surface area contributed by atoms with Crippen LogP contribution in [0, 0.1) is 24.2 Å². The van der Waals surface area contributed by atoms with E-state index >= 15 is 0 Å². The number of amides is 1. The predicted octanol–water partition coefficient (Wildman–Crippen LogP) is 1.51. The van der Waals surface area contributed by atoms with Gasteiger partial charge in [-0.1, -0.05) is 19.8 Å². The molecule has 1 saturated heterocycles. The Morgan fingerprint density at radius 2 is 2.36 bits per heavy atom. The van der Waals surface area contributed by atoms with Crippen LogP contribution in [0.15, 0.2) is 0 Å². The molecule has 2 unspecified atom stereocenters. The maximum absolute atomic E-state index is 11.7. The summed E-state index contributed by atoms with van der Waals surface area (Å²) in [5.41, 5.74) is 0. The number of rotatable bonds is 3. The van der Waals surface area contributed by atoms with Gasteiger partial charge in [0.05, 0.1) is 6.04 Å². The van der Waals surface area contributed by atoms with Gasteiger partial charge < -0.3 is 5.32 Å². The van der Waals surface area contributed by atoms with E-state index in [0.29, 0.717) is 5.92 Å². The van der Waals surface area contributed by atoms with Crippen molar-refractivity contribution in [2.24, 2.45) is 11.8 Å². The molecule has 0 aliphatic carbocycles. The molecule has 14 heavy (non-hydrogen) atoms. The first-order chi connectivity index (χ1) is 6.65. The molecule has 0 spiro atoms. The second-order valence-corrected chi connectivity index (χ2v) is 5.11. The van der Waals surface area contributed by atoms with Crippen molar-refractivity contribution in [2.45, 2.75) is 26.3 Å². The topological polar surface area (TPSA) is 29.1 Å². The maximum Gasteiger partial charge on any atom is 0.224 e. The van der Waals surface area contributed by atoms with Crippen LogP contribution in [0.4, 0.5) is 0 Å². The minimum Gasteiger partial charge on any atom is -0.342 e. The van der Waals surface area contributed by atoms with Crippen LogP contribution >= 0.6 is 11.8 Å². The maximum atomic E-state index is 11.7. The highest BCUT2D eigenvalue weighted by atomic mass is 32.2. The zero-order chi connectivity index (χ0) is 10.6. The Kier molecular flexibility index (Phi) is 4.34. The molecule has 1 amide bonds. The minimum absolute atomic E-state index is 0.118. The van der Waals surface area contributed by atoms with E-state index in [4.69, 9.17) is 6.42 Å². The van der Waals surface area contributed by atoms with Crippen molar-refractivity contribution in [3.8, 4) is 12.3 Å². The van der Waals surface area contributed by atoms with Gasteiger partial charge in [0.1, 0.15) is 0 Å². The lowest BCUT2D eigenvalue weighted by Gasteiger charge is -2.18. The summed E-state index contributed by atoms with van der Waals surface area (Å²) in [5.74, 6) is 5.27. The van der Waals surface area contributed by atoms with Gasteiger partial charge in [-0.25, -0.2) is 0 Å². The molecular formula is C11H17NOS. The fourth-order valence-electron chi connectivity index (χ4n) is 1.41. The SMILES string of the molecule is C#CC(NC(=O)C1CCSC1)C(C)C. The monoisotopic (exact) mass is 211 g/mol. The van der Waals surface area contributed by atoms with Crippen molar-refractivity contribution < 1.29 is 4.79 Å². The lowest BCUT2D eigenvalue weighted by molar-refractivity contribution is -0.124. The highest BCUT2D eigenvalue weighted by Gasteiger charge is 2.25. The van der Waals surface area contributed by atoms with Crippen molar-refractivity contribution in [1.82, 2.24) is 5.32 Å². The fourth-order valence-corrected chi connectivity index (χ4v) is 2.63. The van der Waals surface area contributed by atoms with Crippen LogP contribution in [0.3, 0.4) is 0 Å². The smallest absolute Gasteiger partial charge is 0.224 e. The Hall–Kier alpha value is -0.620. The van der Waals surface area contributed by atoms with Crippen LogP contribution in [0.2, 0.25) is 0 Å². The highest BCUT2D eigenvalue weighted by molar-refractivity contribution is 7.99. The summed E-state index contributed by atoms with van der Waals surface area (Å²) in [6.07, 6.45) is 6.34. The minimum atomic E-state index is -0.118. The molecule has 1 N–H and O–H groups in total. The van der Waals surface area contributed by atoms with E-state index in [-0.39, 0.29) is 17.9 Å². The van der Waals surface area contributed by atoms with Crippen molar-refractivity contribution in [3.63, 3.8) is 0 Å². The molecule has 3 heteroatoms. The van der Waals surface area contributed by atoms with Gasteiger partial charge in [-0.3, -0.25) is 4.79 Å². The Morgan fingerprint density at radius 1 is 1.64 bits per heavy atom. The quantitative estimate of drug-likeness (QED) is 0.717. The molecule has 2 atom stereocenters. The summed E-state index contributed by atoms with van der Waals surface area (Å²) in [6.45, 7) is 4.04. The van der Waals surface area contributed by atoms with Gasteiger partial charge in [-0.05, 0) is 18.1 Å².